The fourth-order valence-corrected chi connectivity index (χ4v) is 2.79. The van der Waals surface area contributed by atoms with Crippen molar-refractivity contribution in [1.82, 2.24) is 10.9 Å². The third-order valence-corrected chi connectivity index (χ3v) is 4.20. The van der Waals surface area contributed by atoms with Crippen molar-refractivity contribution in [2.75, 3.05) is 0 Å². The van der Waals surface area contributed by atoms with Crippen LogP contribution in [0.3, 0.4) is 0 Å². The van der Waals surface area contributed by atoms with Crippen LogP contribution in [0.2, 0.25) is 0 Å². The molecule has 0 fully saturated rings. The number of hydrogen-bond donors (Lipinski definition) is 2. The average molecular weight is 292 g/mol. The number of amides is 2. The summed E-state index contributed by atoms with van der Waals surface area (Å²) in [5.41, 5.74) is 5.81. The van der Waals surface area contributed by atoms with E-state index in [1.807, 2.05) is 19.9 Å². The molecular formula is C14H16N2O3S. The minimum Gasteiger partial charge on any atom is -0.456 e. The fourth-order valence-electron chi connectivity index (χ4n) is 1.78. The Balaban J connectivity index is 1.96. The van der Waals surface area contributed by atoms with Crippen LogP contribution in [0.4, 0.5) is 0 Å². The van der Waals surface area contributed by atoms with Gasteiger partial charge in [0.1, 0.15) is 5.76 Å². The van der Waals surface area contributed by atoms with Gasteiger partial charge in [0.25, 0.3) is 5.91 Å². The minimum atomic E-state index is -0.476. The van der Waals surface area contributed by atoms with E-state index in [1.165, 1.54) is 16.2 Å². The van der Waals surface area contributed by atoms with Gasteiger partial charge in [-0.25, -0.2) is 0 Å². The molecule has 2 amide bonds. The number of nitrogens with one attached hydrogen (secondary N) is 2. The van der Waals surface area contributed by atoms with Gasteiger partial charge in [0.05, 0.1) is 4.88 Å². The lowest BCUT2D eigenvalue weighted by atomic mass is 10.2. The van der Waals surface area contributed by atoms with Crippen LogP contribution in [-0.2, 0) is 6.42 Å². The number of rotatable bonds is 3. The molecule has 2 aromatic heterocycles. The SMILES string of the molecule is CCc1sc(C(=O)NNC(=O)c2ccc(C)o2)cc1C. The number of hydrogen-bond acceptors (Lipinski definition) is 4. The molecule has 106 valence electrons. The second kappa shape index (κ2) is 5.92. The number of thiophene rings is 1. The third-order valence-electron chi connectivity index (χ3n) is 2.82. The van der Waals surface area contributed by atoms with Gasteiger partial charge in [-0.3, -0.25) is 20.4 Å². The van der Waals surface area contributed by atoms with Gasteiger partial charge < -0.3 is 4.42 Å². The summed E-state index contributed by atoms with van der Waals surface area (Å²) in [4.78, 5) is 25.4. The molecule has 0 atom stereocenters. The summed E-state index contributed by atoms with van der Waals surface area (Å²) in [5.74, 6) is 0.00669. The maximum Gasteiger partial charge on any atom is 0.305 e. The minimum absolute atomic E-state index is 0.166. The van der Waals surface area contributed by atoms with E-state index in [0.29, 0.717) is 10.6 Å². The highest BCUT2D eigenvalue weighted by Crippen LogP contribution is 2.21. The van der Waals surface area contributed by atoms with Crippen molar-refractivity contribution in [3.63, 3.8) is 0 Å². The van der Waals surface area contributed by atoms with E-state index in [1.54, 1.807) is 19.1 Å². The standard InChI is InChI=1S/C14H16N2O3S/c1-4-11-8(2)7-12(20-11)14(18)16-15-13(17)10-6-5-9(3)19-10/h5-7H,4H2,1-3H3,(H,15,17)(H,16,18). The summed E-state index contributed by atoms with van der Waals surface area (Å²) in [5, 5.41) is 0. The highest BCUT2D eigenvalue weighted by atomic mass is 32.1. The Morgan fingerprint density at radius 3 is 2.45 bits per heavy atom. The average Bonchev–Trinajstić information content (AvgIpc) is 3.01. The van der Waals surface area contributed by atoms with Crippen LogP contribution in [0, 0.1) is 13.8 Å². The highest BCUT2D eigenvalue weighted by Gasteiger charge is 2.14. The molecule has 0 radical (unpaired) electrons. The number of carbonyl (C=O) groups excluding carboxylic acids is 2. The monoisotopic (exact) mass is 292 g/mol. The van der Waals surface area contributed by atoms with Gasteiger partial charge in [-0.15, -0.1) is 11.3 Å². The maximum atomic E-state index is 11.9. The van der Waals surface area contributed by atoms with E-state index < -0.39 is 5.91 Å². The molecule has 2 N–H and O–H groups in total. The number of hydrazine groups is 1. The van der Waals surface area contributed by atoms with Crippen molar-refractivity contribution in [2.45, 2.75) is 27.2 Å². The zero-order valence-corrected chi connectivity index (χ0v) is 12.4. The molecule has 6 heteroatoms. The molecule has 0 saturated carbocycles. The number of furan rings is 1. The lowest BCUT2D eigenvalue weighted by Gasteiger charge is -2.03. The van der Waals surface area contributed by atoms with Crippen molar-refractivity contribution in [3.8, 4) is 0 Å². The molecule has 0 bridgehead atoms. The predicted molar refractivity (Wildman–Crippen MR) is 76.8 cm³/mol. The first kappa shape index (κ1) is 14.3. The molecular weight excluding hydrogens is 276 g/mol. The Labute approximate surface area is 121 Å². The van der Waals surface area contributed by atoms with Crippen LogP contribution in [0.25, 0.3) is 0 Å². The van der Waals surface area contributed by atoms with Crippen LogP contribution < -0.4 is 10.9 Å². The number of carbonyl (C=O) groups is 2. The zero-order valence-electron chi connectivity index (χ0n) is 11.6. The van der Waals surface area contributed by atoms with Gasteiger partial charge >= 0.3 is 5.91 Å². The van der Waals surface area contributed by atoms with E-state index in [-0.39, 0.29) is 11.7 Å². The van der Waals surface area contributed by atoms with Crippen LogP contribution >= 0.6 is 11.3 Å². The van der Waals surface area contributed by atoms with Crippen molar-refractivity contribution >= 4 is 23.2 Å². The number of aryl methyl sites for hydroxylation is 3. The van der Waals surface area contributed by atoms with E-state index in [0.717, 1.165) is 12.0 Å². The summed E-state index contributed by atoms with van der Waals surface area (Å²) >= 11 is 1.43. The van der Waals surface area contributed by atoms with Crippen molar-refractivity contribution in [2.24, 2.45) is 0 Å². The van der Waals surface area contributed by atoms with Gasteiger partial charge in [-0.05, 0) is 44.0 Å². The first-order chi connectivity index (χ1) is 9.51. The van der Waals surface area contributed by atoms with Crippen LogP contribution in [0.5, 0.6) is 0 Å². The Morgan fingerprint density at radius 1 is 1.20 bits per heavy atom. The Bertz CT molecular complexity index is 643. The zero-order chi connectivity index (χ0) is 14.7. The lowest BCUT2D eigenvalue weighted by Crippen LogP contribution is -2.41. The van der Waals surface area contributed by atoms with E-state index in [4.69, 9.17) is 4.42 Å². The second-order valence-electron chi connectivity index (χ2n) is 4.39. The Kier molecular flexibility index (Phi) is 4.24. The van der Waals surface area contributed by atoms with Crippen molar-refractivity contribution < 1.29 is 14.0 Å². The topological polar surface area (TPSA) is 71.3 Å². The summed E-state index contributed by atoms with van der Waals surface area (Å²) in [6.45, 7) is 5.76. The highest BCUT2D eigenvalue weighted by molar-refractivity contribution is 7.14. The molecule has 0 aliphatic heterocycles. The third kappa shape index (κ3) is 3.08. The Morgan fingerprint density at radius 2 is 1.90 bits per heavy atom. The van der Waals surface area contributed by atoms with Gasteiger partial charge in [0.2, 0.25) is 0 Å². The Hall–Kier alpha value is -2.08. The fraction of sp³-hybridized carbons (Fsp3) is 0.286. The van der Waals surface area contributed by atoms with Gasteiger partial charge in [-0.1, -0.05) is 6.92 Å². The van der Waals surface area contributed by atoms with Crippen LogP contribution in [0.15, 0.2) is 22.6 Å². The first-order valence-electron chi connectivity index (χ1n) is 6.27. The molecule has 0 aliphatic carbocycles. The maximum absolute atomic E-state index is 11.9. The second-order valence-corrected chi connectivity index (χ2v) is 5.53. The van der Waals surface area contributed by atoms with E-state index in [2.05, 4.69) is 10.9 Å². The largest absolute Gasteiger partial charge is 0.456 e. The molecule has 0 spiro atoms. The van der Waals surface area contributed by atoms with Crippen LogP contribution in [0.1, 0.15) is 43.4 Å². The van der Waals surface area contributed by atoms with Crippen molar-refractivity contribution in [1.29, 1.82) is 0 Å². The summed E-state index contributed by atoms with van der Waals surface area (Å²) < 4.78 is 5.16. The molecule has 2 aromatic rings. The molecule has 5 nitrogen and oxygen atoms in total. The molecule has 2 rings (SSSR count). The van der Waals surface area contributed by atoms with Crippen LogP contribution in [-0.4, -0.2) is 11.8 Å². The quantitative estimate of drug-likeness (QED) is 0.854. The molecule has 0 aliphatic rings. The lowest BCUT2D eigenvalue weighted by molar-refractivity contribution is 0.0832. The van der Waals surface area contributed by atoms with Crippen molar-refractivity contribution in [3.05, 3.63) is 45.0 Å². The predicted octanol–water partition coefficient (Wildman–Crippen LogP) is 2.60. The smallest absolute Gasteiger partial charge is 0.305 e. The summed E-state index contributed by atoms with van der Waals surface area (Å²) in [7, 11) is 0. The first-order valence-corrected chi connectivity index (χ1v) is 7.09. The molecule has 0 aromatic carbocycles. The van der Waals surface area contributed by atoms with Gasteiger partial charge in [0.15, 0.2) is 5.76 Å². The molecule has 0 unspecified atom stereocenters. The normalized spacial score (nSPS) is 10.3. The molecule has 2 heterocycles. The van der Waals surface area contributed by atoms with Gasteiger partial charge in [-0.2, -0.15) is 0 Å². The summed E-state index contributed by atoms with van der Waals surface area (Å²) in [6.07, 6.45) is 0.891. The molecule has 0 saturated heterocycles. The summed E-state index contributed by atoms with van der Waals surface area (Å²) in [6, 6.07) is 5.07. The molecule has 20 heavy (non-hydrogen) atoms. The van der Waals surface area contributed by atoms with Gasteiger partial charge in [0, 0.05) is 4.88 Å². The van der Waals surface area contributed by atoms with E-state index in [9.17, 15) is 9.59 Å². The van der Waals surface area contributed by atoms with E-state index >= 15 is 0 Å².